The number of nitrogens with zero attached hydrogens (tertiary/aromatic N) is 1. The highest BCUT2D eigenvalue weighted by Crippen LogP contribution is 2.30. The molecule has 102 valence electrons. The summed E-state index contributed by atoms with van der Waals surface area (Å²) in [6, 6.07) is 20.7. The summed E-state index contributed by atoms with van der Waals surface area (Å²) in [5.41, 5.74) is 3.11. The highest BCUT2D eigenvalue weighted by molar-refractivity contribution is 6.02. The van der Waals surface area contributed by atoms with Crippen molar-refractivity contribution in [2.24, 2.45) is 0 Å². The van der Waals surface area contributed by atoms with Crippen molar-refractivity contribution in [3.8, 4) is 17.0 Å². The zero-order chi connectivity index (χ0) is 14.2. The van der Waals surface area contributed by atoms with Crippen molar-refractivity contribution in [3.63, 3.8) is 0 Å². The van der Waals surface area contributed by atoms with Crippen LogP contribution in [0.4, 0.5) is 0 Å². The molecule has 3 aromatic carbocycles. The van der Waals surface area contributed by atoms with E-state index in [-0.39, 0.29) is 0 Å². The van der Waals surface area contributed by atoms with Gasteiger partial charge in [0.05, 0.1) is 18.3 Å². The van der Waals surface area contributed by atoms with Gasteiger partial charge in [-0.25, -0.2) is 0 Å². The lowest BCUT2D eigenvalue weighted by atomic mass is 10.0. The lowest BCUT2D eigenvalue weighted by Gasteiger charge is -2.02. The highest BCUT2D eigenvalue weighted by Gasteiger charge is 2.09. The summed E-state index contributed by atoms with van der Waals surface area (Å²) in [6.07, 6.45) is 0. The molecule has 4 aromatic rings. The number of benzene rings is 3. The second-order valence-corrected chi connectivity index (χ2v) is 5.05. The molecule has 21 heavy (non-hydrogen) atoms. The van der Waals surface area contributed by atoms with Gasteiger partial charge in [0.1, 0.15) is 5.75 Å². The lowest BCUT2D eigenvalue weighted by molar-refractivity contribution is 0.415. The van der Waals surface area contributed by atoms with Gasteiger partial charge in [-0.05, 0) is 47.2 Å². The second-order valence-electron chi connectivity index (χ2n) is 5.05. The number of H-pyrrole nitrogens is 1. The third-order valence-corrected chi connectivity index (χ3v) is 3.79. The van der Waals surface area contributed by atoms with Crippen LogP contribution in [0.5, 0.6) is 5.75 Å². The lowest BCUT2D eigenvalue weighted by Crippen LogP contribution is -1.83. The predicted molar refractivity (Wildman–Crippen MR) is 85.6 cm³/mol. The van der Waals surface area contributed by atoms with Gasteiger partial charge in [0.15, 0.2) is 0 Å². The molecular weight excluding hydrogens is 260 g/mol. The zero-order valence-electron chi connectivity index (χ0n) is 11.6. The molecule has 0 saturated carbocycles. The van der Waals surface area contributed by atoms with Gasteiger partial charge in [0.2, 0.25) is 0 Å². The molecule has 3 heteroatoms. The van der Waals surface area contributed by atoms with Crippen LogP contribution in [0.1, 0.15) is 0 Å². The molecular formula is C18H14N2O. The molecule has 0 unspecified atom stereocenters. The number of hydrogen-bond acceptors (Lipinski definition) is 2. The third kappa shape index (κ3) is 1.94. The van der Waals surface area contributed by atoms with E-state index in [1.807, 2.05) is 24.3 Å². The van der Waals surface area contributed by atoms with E-state index in [1.165, 1.54) is 10.8 Å². The van der Waals surface area contributed by atoms with Crippen molar-refractivity contribution in [3.05, 3.63) is 60.7 Å². The highest BCUT2D eigenvalue weighted by atomic mass is 16.5. The Kier molecular flexibility index (Phi) is 2.64. The minimum Gasteiger partial charge on any atom is -0.497 e. The summed E-state index contributed by atoms with van der Waals surface area (Å²) in [5.74, 6) is 0.851. The average Bonchev–Trinajstić information content (AvgIpc) is 2.95. The van der Waals surface area contributed by atoms with E-state index in [0.717, 1.165) is 27.9 Å². The van der Waals surface area contributed by atoms with Crippen molar-refractivity contribution in [2.45, 2.75) is 0 Å². The first-order chi connectivity index (χ1) is 10.3. The van der Waals surface area contributed by atoms with Gasteiger partial charge in [0.25, 0.3) is 0 Å². The Morgan fingerprint density at radius 3 is 2.33 bits per heavy atom. The maximum atomic E-state index is 5.20. The fraction of sp³-hybridized carbons (Fsp3) is 0.0556. The molecule has 1 heterocycles. The zero-order valence-corrected chi connectivity index (χ0v) is 11.6. The molecule has 1 N–H and O–H groups in total. The van der Waals surface area contributed by atoms with E-state index in [1.54, 1.807) is 7.11 Å². The number of rotatable bonds is 2. The fourth-order valence-corrected chi connectivity index (χ4v) is 2.67. The normalized spacial score (nSPS) is 11.1. The fourth-order valence-electron chi connectivity index (χ4n) is 2.67. The van der Waals surface area contributed by atoms with Crippen LogP contribution in [-0.2, 0) is 0 Å². The Morgan fingerprint density at radius 1 is 0.905 bits per heavy atom. The van der Waals surface area contributed by atoms with Gasteiger partial charge in [-0.3, -0.25) is 5.10 Å². The molecule has 0 saturated heterocycles. The van der Waals surface area contributed by atoms with Crippen molar-refractivity contribution in [1.29, 1.82) is 0 Å². The van der Waals surface area contributed by atoms with Crippen LogP contribution >= 0.6 is 0 Å². The van der Waals surface area contributed by atoms with E-state index in [2.05, 4.69) is 46.6 Å². The minimum atomic E-state index is 0.851. The van der Waals surface area contributed by atoms with Gasteiger partial charge < -0.3 is 4.74 Å². The molecule has 0 aliphatic carbocycles. The van der Waals surface area contributed by atoms with Crippen LogP contribution in [0.15, 0.2) is 60.7 Å². The summed E-state index contributed by atoms with van der Waals surface area (Å²) in [6.45, 7) is 0. The van der Waals surface area contributed by atoms with E-state index < -0.39 is 0 Å². The molecule has 1 aromatic heterocycles. The summed E-state index contributed by atoms with van der Waals surface area (Å²) in [5, 5.41) is 11.2. The van der Waals surface area contributed by atoms with Crippen LogP contribution < -0.4 is 4.74 Å². The molecule has 0 radical (unpaired) electrons. The van der Waals surface area contributed by atoms with Crippen LogP contribution in [0.3, 0.4) is 0 Å². The molecule has 0 aliphatic rings. The SMILES string of the molecule is COc1ccc(-c2n[nH]c3cc4ccccc4cc23)cc1. The predicted octanol–water partition coefficient (Wildman–Crippen LogP) is 4.39. The molecule has 0 fully saturated rings. The number of fused-ring (bicyclic) bond motifs is 2. The first-order valence-corrected chi connectivity index (χ1v) is 6.86. The maximum Gasteiger partial charge on any atom is 0.118 e. The number of hydrogen-bond donors (Lipinski definition) is 1. The Balaban J connectivity index is 1.93. The summed E-state index contributed by atoms with van der Waals surface area (Å²) in [7, 11) is 1.67. The molecule has 0 atom stereocenters. The van der Waals surface area contributed by atoms with Crippen LogP contribution in [0, 0.1) is 0 Å². The standard InChI is InChI=1S/C18H14N2O/c1-21-15-8-6-12(7-9-15)18-16-10-13-4-2-3-5-14(13)11-17(16)19-20-18/h2-11H,1H3,(H,19,20). The number of nitrogens with one attached hydrogen (secondary N) is 1. The molecule has 0 aliphatic heterocycles. The Hall–Kier alpha value is -2.81. The third-order valence-electron chi connectivity index (χ3n) is 3.79. The molecule has 0 bridgehead atoms. The molecule has 3 nitrogen and oxygen atoms in total. The van der Waals surface area contributed by atoms with Crippen molar-refractivity contribution < 1.29 is 4.74 Å². The Bertz CT molecular complexity index is 923. The van der Waals surface area contributed by atoms with Crippen LogP contribution in [0.25, 0.3) is 32.9 Å². The van der Waals surface area contributed by atoms with Crippen LogP contribution in [0.2, 0.25) is 0 Å². The molecule has 0 spiro atoms. The first-order valence-electron chi connectivity index (χ1n) is 6.86. The van der Waals surface area contributed by atoms with Crippen molar-refractivity contribution >= 4 is 21.7 Å². The minimum absolute atomic E-state index is 0.851. The Labute approximate surface area is 122 Å². The molecule has 0 amide bonds. The van der Waals surface area contributed by atoms with Gasteiger partial charge in [-0.2, -0.15) is 5.10 Å². The maximum absolute atomic E-state index is 5.20. The van der Waals surface area contributed by atoms with E-state index in [4.69, 9.17) is 4.74 Å². The second kappa shape index (κ2) is 4.63. The van der Waals surface area contributed by atoms with Gasteiger partial charge >= 0.3 is 0 Å². The largest absolute Gasteiger partial charge is 0.497 e. The summed E-state index contributed by atoms with van der Waals surface area (Å²) >= 11 is 0. The smallest absolute Gasteiger partial charge is 0.118 e. The Morgan fingerprint density at radius 2 is 1.62 bits per heavy atom. The van der Waals surface area contributed by atoms with Crippen molar-refractivity contribution in [2.75, 3.05) is 7.11 Å². The van der Waals surface area contributed by atoms with E-state index >= 15 is 0 Å². The van der Waals surface area contributed by atoms with Gasteiger partial charge in [-0.1, -0.05) is 24.3 Å². The summed E-state index contributed by atoms with van der Waals surface area (Å²) in [4.78, 5) is 0. The topological polar surface area (TPSA) is 37.9 Å². The van der Waals surface area contributed by atoms with Gasteiger partial charge in [-0.15, -0.1) is 0 Å². The number of ether oxygens (including phenoxy) is 1. The quantitative estimate of drug-likeness (QED) is 0.588. The van der Waals surface area contributed by atoms with Crippen LogP contribution in [-0.4, -0.2) is 17.3 Å². The first kappa shape index (κ1) is 12.0. The van der Waals surface area contributed by atoms with Gasteiger partial charge in [0, 0.05) is 10.9 Å². The number of aromatic amines is 1. The number of aromatic nitrogens is 2. The monoisotopic (exact) mass is 274 g/mol. The van der Waals surface area contributed by atoms with E-state index in [0.29, 0.717) is 0 Å². The average molecular weight is 274 g/mol. The van der Waals surface area contributed by atoms with E-state index in [9.17, 15) is 0 Å². The molecule has 4 rings (SSSR count). The van der Waals surface area contributed by atoms with Crippen molar-refractivity contribution in [1.82, 2.24) is 10.2 Å². The summed E-state index contributed by atoms with van der Waals surface area (Å²) < 4.78 is 5.20. The number of methoxy groups -OCH3 is 1.